The van der Waals surface area contributed by atoms with E-state index in [0.29, 0.717) is 0 Å². The average Bonchev–Trinajstić information content (AvgIpc) is 1.52. The maximum Gasteiger partial charge on any atom is 0.135 e. The van der Waals surface area contributed by atoms with Crippen LogP contribution in [0.1, 0.15) is 72.3 Å². The van der Waals surface area contributed by atoms with Gasteiger partial charge >= 0.3 is 0 Å². The van der Waals surface area contributed by atoms with E-state index in [2.05, 4.69) is 405 Å². The van der Waals surface area contributed by atoms with E-state index < -0.39 is 0 Å². The van der Waals surface area contributed by atoms with Gasteiger partial charge < -0.3 is 8.98 Å². The largest absolute Gasteiger partial charge is 0.456 e. The monoisotopic (exact) mass is 1460 g/mol. The molecule has 114 heavy (non-hydrogen) atoms. The first-order valence-electron chi connectivity index (χ1n) is 39.6. The van der Waals surface area contributed by atoms with Crippen LogP contribution in [0.4, 0.5) is 0 Å². The molecule has 530 valence electrons. The second-order valence-electron chi connectivity index (χ2n) is 31.0. The standard InChI is InChI=1S/C37H23N.C37H24O.C37H22S/c1-6-16-31-25(11-1)26-12-2-7-17-32(26)37(31)33-18-8-3-13-27(33)30-23-24(21-22-34(30)37)38-35-19-9-4-14-28(35)29-15-5-10-20-36(29)38;1-2-31-28(21-19-24-20-22-36-30(23-24)29-14-6-10-18-35(29)38-36)27-13-5-9-17-34(27)37(31)32-15-7-3-11-25(32)26-12-4-8-16-33(26)37;1-5-13-31-25(9-1)26-10-2-6-14-32(26)37(31)33-15-7-3-11-27(33)29-21-23(17-19-34(29)37)24-18-20-36-30(22-24)28-12-4-8-16-35(28)38-36/h1-23H;2-23H,1H2;1-22H/b;21-19+;. The van der Waals surface area contributed by atoms with Crippen molar-refractivity contribution >= 4 is 86.9 Å². The van der Waals surface area contributed by atoms with Crippen LogP contribution in [0.2, 0.25) is 0 Å². The smallest absolute Gasteiger partial charge is 0.135 e. The van der Waals surface area contributed by atoms with E-state index in [1.54, 1.807) is 0 Å². The molecule has 2 nitrogen and oxygen atoms in total. The lowest BCUT2D eigenvalue weighted by molar-refractivity contribution is 0.669. The second-order valence-corrected chi connectivity index (χ2v) is 32.1. The molecule has 20 aromatic rings. The molecular weight excluding hydrogens is 1400 g/mol. The average molecular weight is 1460 g/mol. The van der Waals surface area contributed by atoms with Crippen molar-refractivity contribution in [2.45, 2.75) is 16.2 Å². The number of rotatable bonds is 5. The van der Waals surface area contributed by atoms with Gasteiger partial charge in [0.15, 0.2) is 0 Å². The molecule has 3 spiro atoms. The van der Waals surface area contributed by atoms with Gasteiger partial charge in [-0.3, -0.25) is 0 Å². The molecule has 3 heteroatoms. The van der Waals surface area contributed by atoms with Crippen molar-refractivity contribution in [3.05, 3.63) is 485 Å². The molecule has 0 fully saturated rings. The third-order valence-corrected chi connectivity index (χ3v) is 27.0. The number of allylic oxidation sites excluding steroid dienone is 4. The second kappa shape index (κ2) is 24.6. The van der Waals surface area contributed by atoms with Crippen LogP contribution in [-0.2, 0) is 16.2 Å². The van der Waals surface area contributed by atoms with Crippen molar-refractivity contribution in [3.63, 3.8) is 0 Å². The highest BCUT2D eigenvalue weighted by Gasteiger charge is 2.55. The summed E-state index contributed by atoms with van der Waals surface area (Å²) < 4.78 is 11.2. The third kappa shape index (κ3) is 8.74. The van der Waals surface area contributed by atoms with Gasteiger partial charge in [0, 0.05) is 47.4 Å². The zero-order valence-electron chi connectivity index (χ0n) is 62.2. The van der Waals surface area contributed by atoms with Crippen LogP contribution in [0.25, 0.3) is 148 Å². The summed E-state index contributed by atoms with van der Waals surface area (Å²) in [6, 6.07) is 143. The van der Waals surface area contributed by atoms with E-state index in [9.17, 15) is 0 Å². The van der Waals surface area contributed by atoms with Crippen LogP contribution < -0.4 is 0 Å². The van der Waals surface area contributed by atoms with Crippen LogP contribution in [-0.4, -0.2) is 4.57 Å². The Labute approximate surface area is 664 Å². The number of hydrogen-bond donors (Lipinski definition) is 0. The summed E-state index contributed by atoms with van der Waals surface area (Å²) in [4.78, 5) is 0. The first-order chi connectivity index (χ1) is 56.5. The lowest BCUT2D eigenvalue weighted by Crippen LogP contribution is -2.26. The summed E-state index contributed by atoms with van der Waals surface area (Å²) in [5, 5.41) is 7.56. The highest BCUT2D eigenvalue weighted by atomic mass is 32.1. The molecule has 0 amide bonds. The highest BCUT2D eigenvalue weighted by molar-refractivity contribution is 7.25. The Balaban J connectivity index is 0.0000000988. The Bertz CT molecular complexity index is 7420. The van der Waals surface area contributed by atoms with Crippen LogP contribution in [0, 0.1) is 0 Å². The van der Waals surface area contributed by atoms with Crippen molar-refractivity contribution in [1.82, 2.24) is 4.57 Å². The molecule has 0 atom stereocenters. The van der Waals surface area contributed by atoms with Gasteiger partial charge in [0.2, 0.25) is 0 Å². The Morgan fingerprint density at radius 3 is 1.14 bits per heavy atom. The summed E-state index contributed by atoms with van der Waals surface area (Å²) in [7, 11) is 0. The number of aromatic nitrogens is 1. The van der Waals surface area contributed by atoms with Crippen LogP contribution in [0.5, 0.6) is 0 Å². The third-order valence-electron chi connectivity index (χ3n) is 25.8. The zero-order valence-corrected chi connectivity index (χ0v) is 63.0. The normalized spacial score (nSPS) is 14.3. The number of furan rings is 1. The van der Waals surface area contributed by atoms with Crippen molar-refractivity contribution in [3.8, 4) is 72.4 Å². The molecule has 0 N–H and O–H groups in total. The maximum absolute atomic E-state index is 6.05. The number of fused-ring (bicyclic) bond motifs is 36. The fraction of sp³-hybridized carbons (Fsp3) is 0.0270. The summed E-state index contributed by atoms with van der Waals surface area (Å²) in [6.45, 7) is 4.36. The van der Waals surface area contributed by atoms with Crippen molar-refractivity contribution in [2.75, 3.05) is 0 Å². The topological polar surface area (TPSA) is 18.1 Å². The van der Waals surface area contributed by atoms with Crippen molar-refractivity contribution in [2.24, 2.45) is 0 Å². The predicted octanol–water partition coefficient (Wildman–Crippen LogP) is 28.8. The number of thiophene rings is 1. The molecule has 0 unspecified atom stereocenters. The first-order valence-corrected chi connectivity index (χ1v) is 40.4. The van der Waals surface area contributed by atoms with Gasteiger partial charge in [0.25, 0.3) is 0 Å². The molecule has 0 radical (unpaired) electrons. The molecule has 6 aliphatic rings. The van der Waals surface area contributed by atoms with Gasteiger partial charge in [0.1, 0.15) is 11.2 Å². The minimum atomic E-state index is -0.365. The van der Waals surface area contributed by atoms with E-state index in [-0.39, 0.29) is 16.2 Å². The van der Waals surface area contributed by atoms with Crippen LogP contribution >= 0.6 is 11.3 Å². The predicted molar refractivity (Wildman–Crippen MR) is 476 cm³/mol. The Kier molecular flexibility index (Phi) is 14.0. The maximum atomic E-state index is 6.05. The highest BCUT2D eigenvalue weighted by Crippen LogP contribution is 2.66. The van der Waals surface area contributed by atoms with E-state index in [0.717, 1.165) is 27.5 Å². The molecule has 26 rings (SSSR count). The number of nitrogens with zero attached hydrogens (tertiary/aromatic N) is 1. The zero-order chi connectivity index (χ0) is 75.0. The van der Waals surface area contributed by atoms with E-state index >= 15 is 0 Å². The van der Waals surface area contributed by atoms with Crippen LogP contribution in [0.3, 0.4) is 0 Å². The molecule has 0 aliphatic heterocycles. The summed E-state index contributed by atoms with van der Waals surface area (Å²) in [5.41, 5.74) is 40.4. The van der Waals surface area contributed by atoms with Crippen molar-refractivity contribution in [1.29, 1.82) is 0 Å². The van der Waals surface area contributed by atoms with Crippen LogP contribution in [0.15, 0.2) is 417 Å². The van der Waals surface area contributed by atoms with Gasteiger partial charge in [0.05, 0.1) is 27.3 Å². The molecular formula is C111H69NOS. The Hall–Kier alpha value is -14.2. The molecule has 0 saturated carbocycles. The quantitative estimate of drug-likeness (QED) is 0.168. The van der Waals surface area contributed by atoms with E-state index in [4.69, 9.17) is 4.42 Å². The molecule has 17 aromatic carbocycles. The Morgan fingerprint density at radius 2 is 0.623 bits per heavy atom. The number of hydrogen-bond acceptors (Lipinski definition) is 2. The molecule has 0 bridgehead atoms. The Morgan fingerprint density at radius 1 is 0.254 bits per heavy atom. The van der Waals surface area contributed by atoms with E-state index in [1.165, 1.54) is 192 Å². The van der Waals surface area contributed by atoms with Crippen molar-refractivity contribution < 1.29 is 4.42 Å². The SMILES string of the molecule is C=CC1=C(/C=C/c2ccc3oc4ccccc4c3c2)c2ccccc2C12c1ccccc1-c1ccccc12.c1ccc2c(c1)-c1ccccc1C21c2ccccc2-c2cc(-c3ccc4sc5ccccc5c4c3)ccc21.c1ccc2c(c1)-c1ccccc1C21c2ccccc2-c2cc(-n3c4ccccc4c4ccccc43)ccc21. The van der Waals surface area contributed by atoms with Gasteiger partial charge in [-0.2, -0.15) is 0 Å². The van der Waals surface area contributed by atoms with Gasteiger partial charge in [-0.1, -0.05) is 346 Å². The fourth-order valence-electron chi connectivity index (χ4n) is 21.4. The molecule has 0 saturated heterocycles. The summed E-state index contributed by atoms with van der Waals surface area (Å²) in [5.74, 6) is 0. The van der Waals surface area contributed by atoms with Gasteiger partial charge in [-0.15, -0.1) is 11.3 Å². The lowest BCUT2D eigenvalue weighted by atomic mass is 9.69. The number of benzene rings is 17. The fourth-order valence-corrected chi connectivity index (χ4v) is 22.5. The summed E-state index contributed by atoms with van der Waals surface area (Å²) >= 11 is 1.88. The minimum absolute atomic E-state index is 0.273. The van der Waals surface area contributed by atoms with Gasteiger partial charge in [-0.25, -0.2) is 0 Å². The molecule has 6 aliphatic carbocycles. The lowest BCUT2D eigenvalue weighted by Gasteiger charge is -2.31. The minimum Gasteiger partial charge on any atom is -0.456 e. The van der Waals surface area contributed by atoms with E-state index in [1.807, 2.05) is 23.5 Å². The molecule has 3 heterocycles. The summed E-state index contributed by atoms with van der Waals surface area (Å²) in [6.07, 6.45) is 6.57. The first kappa shape index (κ1) is 64.6. The van der Waals surface area contributed by atoms with Gasteiger partial charge in [-0.05, 0) is 217 Å². The molecule has 3 aromatic heterocycles. The number of para-hydroxylation sites is 3.